The zero-order valence-electron chi connectivity index (χ0n) is 13.7. The number of hydrogen-bond donors (Lipinski definition) is 0. The Morgan fingerprint density at radius 3 is 2.76 bits per heavy atom. The quantitative estimate of drug-likeness (QED) is 0.673. The van der Waals surface area contributed by atoms with E-state index in [9.17, 15) is 4.79 Å². The molecule has 0 aliphatic carbocycles. The van der Waals surface area contributed by atoms with E-state index in [2.05, 4.69) is 0 Å². The van der Waals surface area contributed by atoms with E-state index in [4.69, 9.17) is 21.1 Å². The molecule has 1 heterocycles. The van der Waals surface area contributed by atoms with Crippen LogP contribution in [0.1, 0.15) is 17.3 Å². The molecule has 0 N–H and O–H groups in total. The smallest absolute Gasteiger partial charge is 0.258 e. The molecule has 0 atom stereocenters. The van der Waals surface area contributed by atoms with Gasteiger partial charge in [-0.25, -0.2) is 0 Å². The van der Waals surface area contributed by atoms with E-state index >= 15 is 0 Å². The van der Waals surface area contributed by atoms with Crippen LogP contribution in [-0.4, -0.2) is 19.2 Å². The Kier molecular flexibility index (Phi) is 3.98. The van der Waals surface area contributed by atoms with Gasteiger partial charge in [-0.1, -0.05) is 48.0 Å². The highest BCUT2D eigenvalue weighted by molar-refractivity contribution is 6.33. The second-order valence-electron chi connectivity index (χ2n) is 5.74. The molecule has 0 unspecified atom stereocenters. The Hall–Kier alpha value is -2.72. The number of nitrogens with zero attached hydrogens (tertiary/aromatic N) is 1. The second-order valence-corrected chi connectivity index (χ2v) is 6.15. The monoisotopic (exact) mass is 353 g/mol. The third-order valence-corrected chi connectivity index (χ3v) is 4.57. The lowest BCUT2D eigenvalue weighted by atomic mass is 10.1. The van der Waals surface area contributed by atoms with Crippen molar-refractivity contribution < 1.29 is 14.3 Å². The molecule has 0 spiro atoms. The normalized spacial score (nSPS) is 12.4. The van der Waals surface area contributed by atoms with Crippen LogP contribution in [0, 0.1) is 0 Å². The maximum atomic E-state index is 13.1. The van der Waals surface area contributed by atoms with Crippen LogP contribution >= 0.6 is 11.6 Å². The molecule has 5 heteroatoms. The fourth-order valence-electron chi connectivity index (χ4n) is 3.11. The number of fused-ring (bicyclic) bond motifs is 2. The molecule has 1 aliphatic heterocycles. The molecule has 0 bridgehead atoms. The van der Waals surface area contributed by atoms with Crippen molar-refractivity contribution in [2.45, 2.75) is 6.92 Å². The van der Waals surface area contributed by atoms with Crippen LogP contribution in [0.4, 0.5) is 5.69 Å². The standard InChI is InChI=1S/C20H16ClNO3/c1-2-22(17-9-5-7-13-6-3-4-8-15(13)17)20(23)14-10-16(21)19-18(11-14)24-12-25-19/h3-11H,2,12H2,1H3. The summed E-state index contributed by atoms with van der Waals surface area (Å²) < 4.78 is 10.7. The van der Waals surface area contributed by atoms with E-state index in [1.807, 2.05) is 49.4 Å². The van der Waals surface area contributed by atoms with Gasteiger partial charge in [0, 0.05) is 17.5 Å². The number of amides is 1. The molecule has 0 radical (unpaired) electrons. The summed E-state index contributed by atoms with van der Waals surface area (Å²) >= 11 is 6.23. The van der Waals surface area contributed by atoms with Crippen molar-refractivity contribution in [2.24, 2.45) is 0 Å². The fraction of sp³-hybridized carbons (Fsp3) is 0.150. The van der Waals surface area contributed by atoms with Gasteiger partial charge >= 0.3 is 0 Å². The van der Waals surface area contributed by atoms with Gasteiger partial charge in [0.2, 0.25) is 6.79 Å². The number of anilines is 1. The first-order valence-electron chi connectivity index (χ1n) is 8.08. The molecule has 1 aliphatic rings. The van der Waals surface area contributed by atoms with Crippen molar-refractivity contribution in [3.8, 4) is 11.5 Å². The van der Waals surface area contributed by atoms with Crippen LogP contribution in [0.25, 0.3) is 10.8 Å². The van der Waals surface area contributed by atoms with E-state index in [0.29, 0.717) is 28.6 Å². The molecular formula is C20H16ClNO3. The lowest BCUT2D eigenvalue weighted by Crippen LogP contribution is -2.30. The van der Waals surface area contributed by atoms with Crippen molar-refractivity contribution in [3.05, 3.63) is 65.2 Å². The zero-order chi connectivity index (χ0) is 17.4. The number of hydrogen-bond acceptors (Lipinski definition) is 3. The van der Waals surface area contributed by atoms with Gasteiger partial charge in [0.15, 0.2) is 11.5 Å². The summed E-state index contributed by atoms with van der Waals surface area (Å²) in [7, 11) is 0. The summed E-state index contributed by atoms with van der Waals surface area (Å²) in [5, 5.41) is 2.51. The van der Waals surface area contributed by atoms with Crippen molar-refractivity contribution >= 4 is 34.0 Å². The summed E-state index contributed by atoms with van der Waals surface area (Å²) in [4.78, 5) is 14.9. The summed E-state index contributed by atoms with van der Waals surface area (Å²) in [5.74, 6) is 0.871. The molecule has 3 aromatic carbocycles. The number of rotatable bonds is 3. The first-order chi connectivity index (χ1) is 12.2. The summed E-state index contributed by atoms with van der Waals surface area (Å²) in [6.45, 7) is 2.61. The van der Waals surface area contributed by atoms with Gasteiger partial charge in [0.25, 0.3) is 5.91 Å². The van der Waals surface area contributed by atoms with Crippen LogP contribution in [0.5, 0.6) is 11.5 Å². The predicted octanol–water partition coefficient (Wildman–Crippen LogP) is 4.89. The highest BCUT2D eigenvalue weighted by atomic mass is 35.5. The van der Waals surface area contributed by atoms with E-state index < -0.39 is 0 Å². The Labute approximate surface area is 150 Å². The van der Waals surface area contributed by atoms with Crippen LogP contribution in [-0.2, 0) is 0 Å². The average Bonchev–Trinajstić information content (AvgIpc) is 3.11. The molecular weight excluding hydrogens is 338 g/mol. The van der Waals surface area contributed by atoms with Gasteiger partial charge in [0.05, 0.1) is 10.7 Å². The molecule has 25 heavy (non-hydrogen) atoms. The molecule has 0 saturated carbocycles. The number of halogens is 1. The van der Waals surface area contributed by atoms with Gasteiger partial charge in [-0.2, -0.15) is 0 Å². The van der Waals surface area contributed by atoms with Gasteiger partial charge in [-0.05, 0) is 30.5 Å². The van der Waals surface area contributed by atoms with Crippen molar-refractivity contribution in [1.82, 2.24) is 0 Å². The highest BCUT2D eigenvalue weighted by Crippen LogP contribution is 2.40. The highest BCUT2D eigenvalue weighted by Gasteiger charge is 2.24. The first kappa shape index (κ1) is 15.8. The first-order valence-corrected chi connectivity index (χ1v) is 8.45. The van der Waals surface area contributed by atoms with Crippen LogP contribution in [0.2, 0.25) is 5.02 Å². The van der Waals surface area contributed by atoms with E-state index in [-0.39, 0.29) is 12.7 Å². The Bertz CT molecular complexity index is 965. The van der Waals surface area contributed by atoms with Crippen LogP contribution in [0.3, 0.4) is 0 Å². The molecule has 0 fully saturated rings. The van der Waals surface area contributed by atoms with Crippen LogP contribution in [0.15, 0.2) is 54.6 Å². The average molecular weight is 354 g/mol. The number of carbonyl (C=O) groups excluding carboxylic acids is 1. The fourth-order valence-corrected chi connectivity index (χ4v) is 3.38. The van der Waals surface area contributed by atoms with E-state index in [1.165, 1.54) is 0 Å². The molecule has 1 amide bonds. The number of carbonyl (C=O) groups is 1. The lowest BCUT2D eigenvalue weighted by Gasteiger charge is -2.23. The van der Waals surface area contributed by atoms with E-state index in [1.54, 1.807) is 17.0 Å². The second kappa shape index (κ2) is 6.30. The van der Waals surface area contributed by atoms with Crippen molar-refractivity contribution in [3.63, 3.8) is 0 Å². The number of ether oxygens (including phenoxy) is 2. The van der Waals surface area contributed by atoms with Gasteiger partial charge in [0.1, 0.15) is 0 Å². The largest absolute Gasteiger partial charge is 0.454 e. The molecule has 4 rings (SSSR count). The molecule has 4 nitrogen and oxygen atoms in total. The van der Waals surface area contributed by atoms with Gasteiger partial charge < -0.3 is 14.4 Å². The lowest BCUT2D eigenvalue weighted by molar-refractivity contribution is 0.0988. The van der Waals surface area contributed by atoms with Gasteiger partial charge in [-0.15, -0.1) is 0 Å². The Balaban J connectivity index is 1.79. The minimum absolute atomic E-state index is 0.119. The predicted molar refractivity (Wildman–Crippen MR) is 98.9 cm³/mol. The maximum Gasteiger partial charge on any atom is 0.258 e. The molecule has 3 aromatic rings. The summed E-state index contributed by atoms with van der Waals surface area (Å²) in [5.41, 5.74) is 1.35. The molecule has 0 saturated heterocycles. The topological polar surface area (TPSA) is 38.8 Å². The minimum Gasteiger partial charge on any atom is -0.454 e. The number of benzene rings is 3. The zero-order valence-corrected chi connectivity index (χ0v) is 14.4. The minimum atomic E-state index is -0.126. The van der Waals surface area contributed by atoms with Crippen molar-refractivity contribution in [2.75, 3.05) is 18.2 Å². The Morgan fingerprint density at radius 2 is 1.92 bits per heavy atom. The van der Waals surface area contributed by atoms with Gasteiger partial charge in [-0.3, -0.25) is 4.79 Å². The molecule has 0 aromatic heterocycles. The Morgan fingerprint density at radius 1 is 1.12 bits per heavy atom. The van der Waals surface area contributed by atoms with E-state index in [0.717, 1.165) is 16.5 Å². The summed E-state index contributed by atoms with van der Waals surface area (Å²) in [6, 6.07) is 17.3. The SMILES string of the molecule is CCN(C(=O)c1cc(Cl)c2c(c1)OCO2)c1cccc2ccccc12. The maximum absolute atomic E-state index is 13.1. The van der Waals surface area contributed by atoms with Crippen LogP contribution < -0.4 is 14.4 Å². The third-order valence-electron chi connectivity index (χ3n) is 4.29. The molecule has 126 valence electrons. The third kappa shape index (κ3) is 2.68. The summed E-state index contributed by atoms with van der Waals surface area (Å²) in [6.07, 6.45) is 0. The van der Waals surface area contributed by atoms with Crippen molar-refractivity contribution in [1.29, 1.82) is 0 Å².